The molecule has 0 saturated heterocycles. The van der Waals surface area contributed by atoms with E-state index in [-0.39, 0.29) is 24.3 Å². The molecule has 3 aromatic rings. The van der Waals surface area contributed by atoms with Crippen molar-refractivity contribution in [1.29, 1.82) is 0 Å². The topological polar surface area (TPSA) is 76.0 Å². The lowest BCUT2D eigenvalue weighted by Crippen LogP contribution is -2.30. The van der Waals surface area contributed by atoms with Crippen molar-refractivity contribution in [2.45, 2.75) is 39.8 Å². The molecule has 0 radical (unpaired) electrons. The molecule has 1 unspecified atom stereocenters. The Labute approximate surface area is 158 Å². The number of rotatable bonds is 6. The number of hydrogen-bond donors (Lipinski definition) is 2. The van der Waals surface area contributed by atoms with E-state index in [0.717, 1.165) is 22.2 Å². The Kier molecular flexibility index (Phi) is 5.54. The van der Waals surface area contributed by atoms with Crippen LogP contribution in [-0.2, 0) is 16.1 Å². The molecular formula is C21H24N4O2. The molecule has 0 aliphatic carbocycles. The molecule has 0 fully saturated rings. The maximum atomic E-state index is 12.7. The molecule has 2 aromatic carbocycles. The fourth-order valence-electron chi connectivity index (χ4n) is 3.15. The van der Waals surface area contributed by atoms with Crippen LogP contribution >= 0.6 is 0 Å². The SMILES string of the molecule is CCn1c(NC(=O)CC(NC(C)=O)c2ccc(C)cc2)nc2ccccc21. The van der Waals surface area contributed by atoms with Crippen LogP contribution in [0.3, 0.4) is 0 Å². The van der Waals surface area contributed by atoms with Crippen molar-refractivity contribution in [2.24, 2.45) is 0 Å². The van der Waals surface area contributed by atoms with Gasteiger partial charge in [0, 0.05) is 13.5 Å². The number of carbonyl (C=O) groups excluding carboxylic acids is 2. The van der Waals surface area contributed by atoms with E-state index in [4.69, 9.17) is 0 Å². The molecule has 0 saturated carbocycles. The number of benzene rings is 2. The highest BCUT2D eigenvalue weighted by molar-refractivity contribution is 5.92. The van der Waals surface area contributed by atoms with Gasteiger partial charge in [-0.05, 0) is 31.5 Å². The minimum atomic E-state index is -0.387. The van der Waals surface area contributed by atoms with Gasteiger partial charge in [-0.25, -0.2) is 4.98 Å². The van der Waals surface area contributed by atoms with E-state index >= 15 is 0 Å². The van der Waals surface area contributed by atoms with E-state index in [1.807, 2.05) is 66.9 Å². The fraction of sp³-hybridized carbons (Fsp3) is 0.286. The van der Waals surface area contributed by atoms with Crippen molar-refractivity contribution < 1.29 is 9.59 Å². The molecule has 1 heterocycles. The van der Waals surface area contributed by atoms with Crippen LogP contribution in [0.1, 0.15) is 37.4 Å². The summed E-state index contributed by atoms with van der Waals surface area (Å²) >= 11 is 0. The van der Waals surface area contributed by atoms with Crippen LogP contribution in [0.15, 0.2) is 48.5 Å². The molecule has 140 valence electrons. The second-order valence-corrected chi connectivity index (χ2v) is 6.58. The summed E-state index contributed by atoms with van der Waals surface area (Å²) in [5.41, 5.74) is 3.84. The lowest BCUT2D eigenvalue weighted by Gasteiger charge is -2.18. The number of aromatic nitrogens is 2. The highest BCUT2D eigenvalue weighted by Crippen LogP contribution is 2.22. The summed E-state index contributed by atoms with van der Waals surface area (Å²) in [7, 11) is 0. The average molecular weight is 364 g/mol. The van der Waals surface area contributed by atoms with Gasteiger partial charge in [0.05, 0.1) is 23.5 Å². The second kappa shape index (κ2) is 8.03. The van der Waals surface area contributed by atoms with Crippen LogP contribution in [0, 0.1) is 6.92 Å². The first-order chi connectivity index (χ1) is 13.0. The van der Waals surface area contributed by atoms with Crippen molar-refractivity contribution in [3.05, 3.63) is 59.7 Å². The van der Waals surface area contributed by atoms with E-state index in [0.29, 0.717) is 12.5 Å². The lowest BCUT2D eigenvalue weighted by atomic mass is 10.0. The predicted molar refractivity (Wildman–Crippen MR) is 106 cm³/mol. The average Bonchev–Trinajstić information content (AvgIpc) is 2.98. The smallest absolute Gasteiger partial charge is 0.229 e. The summed E-state index contributed by atoms with van der Waals surface area (Å²) in [5, 5.41) is 5.76. The highest BCUT2D eigenvalue weighted by Gasteiger charge is 2.19. The number of imidazole rings is 1. The summed E-state index contributed by atoms with van der Waals surface area (Å²) in [5.74, 6) is 0.155. The monoisotopic (exact) mass is 364 g/mol. The van der Waals surface area contributed by atoms with Gasteiger partial charge in [0.25, 0.3) is 0 Å². The van der Waals surface area contributed by atoms with Crippen LogP contribution in [0.4, 0.5) is 5.95 Å². The molecule has 0 spiro atoms. The number of nitrogens with one attached hydrogen (secondary N) is 2. The molecule has 0 bridgehead atoms. The third-order valence-corrected chi connectivity index (χ3v) is 4.47. The van der Waals surface area contributed by atoms with Crippen molar-refractivity contribution in [1.82, 2.24) is 14.9 Å². The quantitative estimate of drug-likeness (QED) is 0.702. The molecule has 27 heavy (non-hydrogen) atoms. The third-order valence-electron chi connectivity index (χ3n) is 4.47. The van der Waals surface area contributed by atoms with Gasteiger partial charge in [-0.3, -0.25) is 14.9 Å². The number of carbonyl (C=O) groups is 2. The van der Waals surface area contributed by atoms with Gasteiger partial charge in [0.1, 0.15) is 0 Å². The van der Waals surface area contributed by atoms with E-state index < -0.39 is 0 Å². The number of anilines is 1. The zero-order valence-corrected chi connectivity index (χ0v) is 15.8. The Balaban J connectivity index is 1.80. The van der Waals surface area contributed by atoms with Gasteiger partial charge in [-0.1, -0.05) is 42.0 Å². The zero-order valence-electron chi connectivity index (χ0n) is 15.8. The molecular weight excluding hydrogens is 340 g/mol. The van der Waals surface area contributed by atoms with E-state index in [1.165, 1.54) is 6.92 Å². The van der Waals surface area contributed by atoms with Crippen molar-refractivity contribution in [3.63, 3.8) is 0 Å². The maximum absolute atomic E-state index is 12.7. The van der Waals surface area contributed by atoms with Gasteiger partial charge in [-0.15, -0.1) is 0 Å². The molecule has 6 heteroatoms. The highest BCUT2D eigenvalue weighted by atomic mass is 16.2. The van der Waals surface area contributed by atoms with Crippen molar-refractivity contribution >= 4 is 28.8 Å². The van der Waals surface area contributed by atoms with Crippen LogP contribution in [0.25, 0.3) is 11.0 Å². The Morgan fingerprint density at radius 2 is 1.81 bits per heavy atom. The molecule has 1 atom stereocenters. The van der Waals surface area contributed by atoms with Gasteiger partial charge in [-0.2, -0.15) is 0 Å². The van der Waals surface area contributed by atoms with E-state index in [2.05, 4.69) is 15.6 Å². The number of nitrogens with zero attached hydrogens (tertiary/aromatic N) is 2. The number of fused-ring (bicyclic) bond motifs is 1. The first-order valence-electron chi connectivity index (χ1n) is 9.06. The van der Waals surface area contributed by atoms with Crippen LogP contribution in [-0.4, -0.2) is 21.4 Å². The molecule has 1 aromatic heterocycles. The predicted octanol–water partition coefficient (Wildman–Crippen LogP) is 3.57. The summed E-state index contributed by atoms with van der Waals surface area (Å²) in [6, 6.07) is 15.2. The number of amides is 2. The summed E-state index contributed by atoms with van der Waals surface area (Å²) in [6.45, 7) is 6.16. The van der Waals surface area contributed by atoms with Crippen LogP contribution < -0.4 is 10.6 Å². The Morgan fingerprint density at radius 3 is 2.48 bits per heavy atom. The van der Waals surface area contributed by atoms with Crippen LogP contribution in [0.2, 0.25) is 0 Å². The third kappa shape index (κ3) is 4.34. The summed E-state index contributed by atoms with van der Waals surface area (Å²) in [6.07, 6.45) is 0.134. The van der Waals surface area contributed by atoms with Crippen molar-refractivity contribution in [2.75, 3.05) is 5.32 Å². The fourth-order valence-corrected chi connectivity index (χ4v) is 3.15. The minimum Gasteiger partial charge on any atom is -0.349 e. The van der Waals surface area contributed by atoms with Gasteiger partial charge >= 0.3 is 0 Å². The first kappa shape index (κ1) is 18.6. The number of para-hydroxylation sites is 2. The molecule has 3 rings (SSSR count). The zero-order chi connectivity index (χ0) is 19.4. The number of aryl methyl sites for hydroxylation is 2. The Hall–Kier alpha value is -3.15. The standard InChI is InChI=1S/C21H24N4O2/c1-4-25-19-8-6-5-7-17(19)23-21(25)24-20(27)13-18(22-15(3)26)16-11-9-14(2)10-12-16/h5-12,18H,4,13H2,1-3H3,(H,22,26)(H,23,24,27). The van der Waals surface area contributed by atoms with Crippen molar-refractivity contribution in [3.8, 4) is 0 Å². The van der Waals surface area contributed by atoms with Crippen LogP contribution in [0.5, 0.6) is 0 Å². The lowest BCUT2D eigenvalue weighted by molar-refractivity contribution is -0.120. The number of hydrogen-bond acceptors (Lipinski definition) is 3. The molecule has 2 amide bonds. The van der Waals surface area contributed by atoms with Gasteiger partial charge < -0.3 is 9.88 Å². The Bertz CT molecular complexity index is 960. The summed E-state index contributed by atoms with van der Waals surface area (Å²) < 4.78 is 1.96. The summed E-state index contributed by atoms with van der Waals surface area (Å²) in [4.78, 5) is 28.8. The second-order valence-electron chi connectivity index (χ2n) is 6.58. The minimum absolute atomic E-state index is 0.134. The largest absolute Gasteiger partial charge is 0.349 e. The van der Waals surface area contributed by atoms with Gasteiger partial charge in [0.2, 0.25) is 17.8 Å². The first-order valence-corrected chi connectivity index (χ1v) is 9.06. The maximum Gasteiger partial charge on any atom is 0.229 e. The van der Waals surface area contributed by atoms with E-state index in [9.17, 15) is 9.59 Å². The molecule has 0 aliphatic rings. The molecule has 0 aliphatic heterocycles. The van der Waals surface area contributed by atoms with E-state index in [1.54, 1.807) is 0 Å². The normalized spacial score (nSPS) is 12.0. The molecule has 6 nitrogen and oxygen atoms in total. The Morgan fingerprint density at radius 1 is 1.11 bits per heavy atom. The molecule has 2 N–H and O–H groups in total. The van der Waals surface area contributed by atoms with Gasteiger partial charge in [0.15, 0.2) is 0 Å².